The number of aliphatic hydroxyl groups is 1. The Labute approximate surface area is 73.6 Å². The molecule has 1 N–H and O–H groups in total. The Hall–Kier alpha value is -0.670. The molecule has 0 spiro atoms. The molecule has 0 saturated heterocycles. The number of halogens is 3. The number of hydrogen-bond donors (Lipinski definition) is 1. The van der Waals surface area contributed by atoms with Crippen LogP contribution >= 0.6 is 11.6 Å². The average Bonchev–Trinajstić information content (AvgIpc) is 2.01. The molecule has 1 aromatic rings. The van der Waals surface area contributed by atoms with Crippen LogP contribution in [0.4, 0.5) is 8.78 Å². The SMILES string of the molecule is OCCc1cc(Cl)c(F)cc1F. The summed E-state index contributed by atoms with van der Waals surface area (Å²) < 4.78 is 25.4. The van der Waals surface area contributed by atoms with Gasteiger partial charge in [-0.2, -0.15) is 0 Å². The molecule has 0 aromatic heterocycles. The molecular weight excluding hydrogens is 186 g/mol. The van der Waals surface area contributed by atoms with E-state index in [1.54, 1.807) is 0 Å². The predicted octanol–water partition coefficient (Wildman–Crippen LogP) is 2.15. The molecule has 66 valence electrons. The van der Waals surface area contributed by atoms with Gasteiger partial charge in [-0.15, -0.1) is 0 Å². The third kappa shape index (κ3) is 1.93. The number of rotatable bonds is 2. The van der Waals surface area contributed by atoms with Crippen LogP contribution in [0.5, 0.6) is 0 Å². The lowest BCUT2D eigenvalue weighted by Crippen LogP contribution is -1.96. The molecule has 12 heavy (non-hydrogen) atoms. The van der Waals surface area contributed by atoms with Gasteiger partial charge in [-0.05, 0) is 18.1 Å². The second kappa shape index (κ2) is 3.83. The Morgan fingerprint density at radius 3 is 2.50 bits per heavy atom. The highest BCUT2D eigenvalue weighted by Gasteiger charge is 2.07. The monoisotopic (exact) mass is 192 g/mol. The van der Waals surface area contributed by atoms with Crippen LogP contribution in [-0.4, -0.2) is 11.7 Å². The lowest BCUT2D eigenvalue weighted by molar-refractivity contribution is 0.297. The van der Waals surface area contributed by atoms with Crippen molar-refractivity contribution in [3.8, 4) is 0 Å². The minimum atomic E-state index is -0.782. The van der Waals surface area contributed by atoms with E-state index in [0.29, 0.717) is 6.07 Å². The average molecular weight is 193 g/mol. The first kappa shape index (κ1) is 9.42. The molecule has 0 fully saturated rings. The van der Waals surface area contributed by atoms with Crippen molar-refractivity contribution in [3.63, 3.8) is 0 Å². The standard InChI is InChI=1S/C8H7ClF2O/c9-6-3-5(1-2-12)7(10)4-8(6)11/h3-4,12H,1-2H2. The first-order valence-corrected chi connectivity index (χ1v) is 3.77. The topological polar surface area (TPSA) is 20.2 Å². The fourth-order valence-electron chi connectivity index (χ4n) is 0.876. The molecule has 0 amide bonds. The van der Waals surface area contributed by atoms with Gasteiger partial charge in [-0.1, -0.05) is 11.6 Å². The van der Waals surface area contributed by atoms with Crippen molar-refractivity contribution >= 4 is 11.6 Å². The Morgan fingerprint density at radius 2 is 1.92 bits per heavy atom. The predicted molar refractivity (Wildman–Crippen MR) is 42.2 cm³/mol. The van der Waals surface area contributed by atoms with Crippen molar-refractivity contribution in [2.75, 3.05) is 6.61 Å². The summed E-state index contributed by atoms with van der Waals surface area (Å²) in [5.41, 5.74) is 0.226. The maximum Gasteiger partial charge on any atom is 0.144 e. The van der Waals surface area contributed by atoms with Gasteiger partial charge in [0, 0.05) is 12.7 Å². The molecule has 1 aromatic carbocycles. The van der Waals surface area contributed by atoms with E-state index in [2.05, 4.69) is 0 Å². The third-order valence-electron chi connectivity index (χ3n) is 1.47. The lowest BCUT2D eigenvalue weighted by atomic mass is 10.1. The highest BCUT2D eigenvalue weighted by molar-refractivity contribution is 6.30. The van der Waals surface area contributed by atoms with Gasteiger partial charge in [0.05, 0.1) is 5.02 Å². The van der Waals surface area contributed by atoms with Crippen molar-refractivity contribution in [1.29, 1.82) is 0 Å². The van der Waals surface area contributed by atoms with Crippen LogP contribution in [0, 0.1) is 11.6 Å². The second-order valence-electron chi connectivity index (χ2n) is 2.33. The number of hydrogen-bond acceptors (Lipinski definition) is 1. The third-order valence-corrected chi connectivity index (χ3v) is 1.76. The van der Waals surface area contributed by atoms with Crippen molar-refractivity contribution in [3.05, 3.63) is 34.4 Å². The van der Waals surface area contributed by atoms with Gasteiger partial charge in [-0.3, -0.25) is 0 Å². The van der Waals surface area contributed by atoms with Crippen LogP contribution in [0.25, 0.3) is 0 Å². The molecule has 0 bridgehead atoms. The molecule has 0 heterocycles. The Bertz CT molecular complexity index is 289. The first-order valence-electron chi connectivity index (χ1n) is 3.39. The summed E-state index contributed by atoms with van der Waals surface area (Å²) in [7, 11) is 0. The van der Waals surface area contributed by atoms with Gasteiger partial charge in [0.1, 0.15) is 11.6 Å². The molecular formula is C8H7ClF2O. The van der Waals surface area contributed by atoms with Gasteiger partial charge in [0.2, 0.25) is 0 Å². The van der Waals surface area contributed by atoms with Crippen LogP contribution in [-0.2, 0) is 6.42 Å². The van der Waals surface area contributed by atoms with E-state index in [4.69, 9.17) is 16.7 Å². The quantitative estimate of drug-likeness (QED) is 0.712. The molecule has 0 aliphatic heterocycles. The van der Waals surface area contributed by atoms with Crippen LogP contribution in [0.15, 0.2) is 12.1 Å². The van der Waals surface area contributed by atoms with E-state index in [1.165, 1.54) is 6.07 Å². The van der Waals surface area contributed by atoms with Gasteiger partial charge in [0.25, 0.3) is 0 Å². The number of benzene rings is 1. The maximum atomic E-state index is 12.8. The zero-order valence-corrected chi connectivity index (χ0v) is 6.91. The molecule has 1 nitrogen and oxygen atoms in total. The van der Waals surface area contributed by atoms with Gasteiger partial charge in [0.15, 0.2) is 0 Å². The van der Waals surface area contributed by atoms with E-state index in [0.717, 1.165) is 0 Å². The molecule has 1 rings (SSSR count). The smallest absolute Gasteiger partial charge is 0.144 e. The highest BCUT2D eigenvalue weighted by Crippen LogP contribution is 2.19. The van der Waals surface area contributed by atoms with Crippen molar-refractivity contribution in [2.45, 2.75) is 6.42 Å². The molecule has 4 heteroatoms. The maximum absolute atomic E-state index is 12.8. The zero-order chi connectivity index (χ0) is 9.14. The molecule has 0 aliphatic carbocycles. The Morgan fingerprint density at radius 1 is 1.25 bits per heavy atom. The molecule has 0 unspecified atom stereocenters. The van der Waals surface area contributed by atoms with Crippen molar-refractivity contribution < 1.29 is 13.9 Å². The molecule has 0 aliphatic rings. The fourth-order valence-corrected chi connectivity index (χ4v) is 1.06. The van der Waals surface area contributed by atoms with E-state index in [-0.39, 0.29) is 23.6 Å². The van der Waals surface area contributed by atoms with Crippen LogP contribution in [0.3, 0.4) is 0 Å². The first-order chi connectivity index (χ1) is 5.65. The summed E-state index contributed by atoms with van der Waals surface area (Å²) in [5, 5.41) is 8.38. The van der Waals surface area contributed by atoms with Crippen molar-refractivity contribution in [1.82, 2.24) is 0 Å². The zero-order valence-electron chi connectivity index (χ0n) is 6.15. The summed E-state index contributed by atoms with van der Waals surface area (Å²) in [5.74, 6) is -1.46. The van der Waals surface area contributed by atoms with Crippen LogP contribution < -0.4 is 0 Å². The van der Waals surface area contributed by atoms with E-state index >= 15 is 0 Å². The number of aliphatic hydroxyl groups excluding tert-OH is 1. The summed E-state index contributed by atoms with van der Waals surface area (Å²) >= 11 is 5.40. The van der Waals surface area contributed by atoms with Gasteiger partial charge >= 0.3 is 0 Å². The minimum absolute atomic E-state index is 0.125. The van der Waals surface area contributed by atoms with Gasteiger partial charge < -0.3 is 5.11 Å². The highest BCUT2D eigenvalue weighted by atomic mass is 35.5. The molecule has 0 atom stereocenters. The van der Waals surface area contributed by atoms with Crippen LogP contribution in [0.2, 0.25) is 5.02 Å². The minimum Gasteiger partial charge on any atom is -0.396 e. The molecule has 0 saturated carbocycles. The Balaban J connectivity index is 3.05. The molecule has 0 radical (unpaired) electrons. The fraction of sp³-hybridized carbons (Fsp3) is 0.250. The van der Waals surface area contributed by atoms with E-state index in [9.17, 15) is 8.78 Å². The summed E-state index contributed by atoms with van der Waals surface area (Å²) in [6, 6.07) is 1.90. The Kier molecular flexibility index (Phi) is 3.00. The van der Waals surface area contributed by atoms with E-state index in [1.807, 2.05) is 0 Å². The lowest BCUT2D eigenvalue weighted by Gasteiger charge is -2.01. The summed E-state index contributed by atoms with van der Waals surface area (Å²) in [6.45, 7) is -0.182. The summed E-state index contributed by atoms with van der Waals surface area (Å²) in [4.78, 5) is 0. The normalized spacial score (nSPS) is 10.3. The van der Waals surface area contributed by atoms with Gasteiger partial charge in [-0.25, -0.2) is 8.78 Å². The largest absolute Gasteiger partial charge is 0.396 e. The van der Waals surface area contributed by atoms with E-state index < -0.39 is 11.6 Å². The summed E-state index contributed by atoms with van der Waals surface area (Å²) in [6.07, 6.45) is 0.145. The van der Waals surface area contributed by atoms with Crippen molar-refractivity contribution in [2.24, 2.45) is 0 Å². The van der Waals surface area contributed by atoms with Crippen LogP contribution in [0.1, 0.15) is 5.56 Å². The second-order valence-corrected chi connectivity index (χ2v) is 2.74.